The number of carboxylic acid groups (broad SMARTS) is 1. The molecule has 0 bridgehead atoms. The summed E-state index contributed by atoms with van der Waals surface area (Å²) >= 11 is 3.21. The summed E-state index contributed by atoms with van der Waals surface area (Å²) in [5.41, 5.74) is 0.394. The third-order valence-corrected chi connectivity index (χ3v) is 6.65. The summed E-state index contributed by atoms with van der Waals surface area (Å²) in [6.07, 6.45) is 4.87. The number of hydrogen-bond donors (Lipinski definition) is 1. The number of thiophene rings is 1. The molecule has 0 atom stereocenters. The Morgan fingerprint density at radius 2 is 2.00 bits per heavy atom. The molecule has 2 aromatic rings. The zero-order valence-electron chi connectivity index (χ0n) is 14.0. The maximum Gasteiger partial charge on any atom is 0.220 e. The molecule has 0 aliphatic heterocycles. The van der Waals surface area contributed by atoms with E-state index in [0.29, 0.717) is 6.54 Å². The van der Waals surface area contributed by atoms with Crippen LogP contribution in [0.25, 0.3) is 9.88 Å². The number of nitrogens with one attached hydrogen (secondary N) is 1. The molecule has 2 heterocycles. The molecule has 2 aromatic heterocycles. The van der Waals surface area contributed by atoms with Crippen LogP contribution in [0.1, 0.15) is 50.6 Å². The predicted molar refractivity (Wildman–Crippen MR) is 97.0 cm³/mol. The Morgan fingerprint density at radius 3 is 2.68 bits per heavy atom. The van der Waals surface area contributed by atoms with E-state index in [9.17, 15) is 14.7 Å². The maximum atomic E-state index is 12.4. The molecule has 0 saturated heterocycles. The first kappa shape index (κ1) is 18.1. The van der Waals surface area contributed by atoms with E-state index >= 15 is 0 Å². The fourth-order valence-corrected chi connectivity index (χ4v) is 5.15. The van der Waals surface area contributed by atoms with Gasteiger partial charge in [0.1, 0.15) is 5.01 Å². The Balaban J connectivity index is 1.55. The van der Waals surface area contributed by atoms with Gasteiger partial charge in [-0.15, -0.1) is 22.7 Å². The Hall–Kier alpha value is -1.73. The first-order chi connectivity index (χ1) is 12.1. The van der Waals surface area contributed by atoms with Gasteiger partial charge in [-0.3, -0.25) is 4.79 Å². The highest BCUT2D eigenvalue weighted by atomic mass is 32.1. The number of aromatic nitrogens is 1. The molecule has 134 valence electrons. The molecule has 1 aliphatic rings. The van der Waals surface area contributed by atoms with Crippen molar-refractivity contribution in [1.82, 2.24) is 10.3 Å². The van der Waals surface area contributed by atoms with Gasteiger partial charge in [-0.05, 0) is 36.1 Å². The lowest BCUT2D eigenvalue weighted by Crippen LogP contribution is -2.38. The predicted octanol–water partition coefficient (Wildman–Crippen LogP) is 2.97. The van der Waals surface area contributed by atoms with Gasteiger partial charge in [0.15, 0.2) is 0 Å². The third kappa shape index (κ3) is 4.89. The van der Waals surface area contributed by atoms with Crippen LogP contribution in [0.3, 0.4) is 0 Å². The quantitative estimate of drug-likeness (QED) is 0.804. The highest BCUT2D eigenvalue weighted by molar-refractivity contribution is 7.20. The zero-order valence-corrected chi connectivity index (χ0v) is 15.6. The minimum atomic E-state index is -1.06. The van der Waals surface area contributed by atoms with Crippen molar-refractivity contribution in [2.45, 2.75) is 51.5 Å². The SMILES string of the molecule is O=C([O-])CC1(CC(=O)NCc2csc(-c3cccs3)n2)CCCCC1. The molecule has 1 amide bonds. The van der Waals surface area contributed by atoms with Crippen molar-refractivity contribution in [3.8, 4) is 9.88 Å². The molecular weight excluding hydrogens is 356 g/mol. The molecule has 7 heteroatoms. The monoisotopic (exact) mass is 377 g/mol. The summed E-state index contributed by atoms with van der Waals surface area (Å²) in [5, 5.41) is 18.9. The molecule has 1 fully saturated rings. The lowest BCUT2D eigenvalue weighted by atomic mass is 9.69. The number of amides is 1. The van der Waals surface area contributed by atoms with E-state index in [-0.39, 0.29) is 18.7 Å². The van der Waals surface area contributed by atoms with Gasteiger partial charge in [0.05, 0.1) is 17.1 Å². The molecular formula is C18H21N2O3S2-. The van der Waals surface area contributed by atoms with Crippen LogP contribution in [-0.4, -0.2) is 16.9 Å². The van der Waals surface area contributed by atoms with Crippen LogP contribution in [0, 0.1) is 5.41 Å². The van der Waals surface area contributed by atoms with Crippen molar-refractivity contribution in [3.05, 3.63) is 28.6 Å². The van der Waals surface area contributed by atoms with E-state index in [1.54, 1.807) is 22.7 Å². The van der Waals surface area contributed by atoms with Gasteiger partial charge in [0.2, 0.25) is 5.91 Å². The van der Waals surface area contributed by atoms with Gasteiger partial charge in [0.25, 0.3) is 0 Å². The van der Waals surface area contributed by atoms with Crippen molar-refractivity contribution in [2.24, 2.45) is 5.41 Å². The largest absolute Gasteiger partial charge is 0.550 e. The minimum Gasteiger partial charge on any atom is -0.550 e. The number of hydrogen-bond acceptors (Lipinski definition) is 6. The average Bonchev–Trinajstić information content (AvgIpc) is 3.24. The second kappa shape index (κ2) is 8.10. The number of rotatable bonds is 7. The number of carbonyl (C=O) groups is 2. The molecule has 0 radical (unpaired) electrons. The lowest BCUT2D eigenvalue weighted by Gasteiger charge is -2.37. The Bertz CT molecular complexity index is 719. The first-order valence-electron chi connectivity index (χ1n) is 8.51. The van der Waals surface area contributed by atoms with Gasteiger partial charge in [-0.2, -0.15) is 0 Å². The second-order valence-electron chi connectivity index (χ2n) is 6.68. The second-order valence-corrected chi connectivity index (χ2v) is 8.49. The molecule has 1 saturated carbocycles. The number of carboxylic acids is 1. The smallest absolute Gasteiger partial charge is 0.220 e. The molecule has 1 aliphatic carbocycles. The van der Waals surface area contributed by atoms with Gasteiger partial charge < -0.3 is 15.2 Å². The summed E-state index contributed by atoms with van der Waals surface area (Å²) in [6, 6.07) is 4.02. The van der Waals surface area contributed by atoms with Crippen molar-refractivity contribution in [2.75, 3.05) is 0 Å². The normalized spacial score (nSPS) is 16.5. The molecule has 5 nitrogen and oxygen atoms in total. The van der Waals surface area contributed by atoms with Gasteiger partial charge >= 0.3 is 0 Å². The topological polar surface area (TPSA) is 82.1 Å². The molecule has 1 N–H and O–H groups in total. The van der Waals surface area contributed by atoms with Crippen LogP contribution in [0.4, 0.5) is 0 Å². The van der Waals surface area contributed by atoms with Gasteiger partial charge in [-0.25, -0.2) is 4.98 Å². The summed E-state index contributed by atoms with van der Waals surface area (Å²) < 4.78 is 0. The van der Waals surface area contributed by atoms with E-state index in [0.717, 1.165) is 47.7 Å². The highest BCUT2D eigenvalue weighted by Crippen LogP contribution is 2.42. The molecule has 0 spiro atoms. The van der Waals surface area contributed by atoms with Crippen molar-refractivity contribution >= 4 is 34.6 Å². The van der Waals surface area contributed by atoms with E-state index in [2.05, 4.69) is 10.3 Å². The van der Waals surface area contributed by atoms with Crippen molar-refractivity contribution in [3.63, 3.8) is 0 Å². The third-order valence-electron chi connectivity index (χ3n) is 4.72. The summed E-state index contributed by atoms with van der Waals surface area (Å²) in [5.74, 6) is -1.16. The molecule has 0 unspecified atom stereocenters. The van der Waals surface area contributed by atoms with Crippen LogP contribution in [0.5, 0.6) is 0 Å². The van der Waals surface area contributed by atoms with Crippen molar-refractivity contribution < 1.29 is 14.7 Å². The number of carbonyl (C=O) groups excluding carboxylic acids is 2. The van der Waals surface area contributed by atoms with E-state index in [4.69, 9.17) is 0 Å². The van der Waals surface area contributed by atoms with Crippen LogP contribution in [0.15, 0.2) is 22.9 Å². The fourth-order valence-electron chi connectivity index (χ4n) is 3.52. The van der Waals surface area contributed by atoms with Gasteiger partial charge in [0, 0.05) is 17.8 Å². The van der Waals surface area contributed by atoms with E-state index < -0.39 is 11.4 Å². The maximum absolute atomic E-state index is 12.4. The van der Waals surface area contributed by atoms with Crippen LogP contribution in [0.2, 0.25) is 0 Å². The lowest BCUT2D eigenvalue weighted by molar-refractivity contribution is -0.308. The standard InChI is InChI=1S/C18H22N2O3S2/c21-15(9-18(10-16(22)23)6-2-1-3-7-18)19-11-13-12-25-17(20-13)14-5-4-8-24-14/h4-5,8,12H,1-3,6-7,9-11H2,(H,19,21)(H,22,23)/p-1. The zero-order chi connectivity index (χ0) is 17.7. The Kier molecular flexibility index (Phi) is 5.86. The molecule has 0 aromatic carbocycles. The van der Waals surface area contributed by atoms with E-state index in [1.807, 2.05) is 22.9 Å². The minimum absolute atomic E-state index is 0.0281. The summed E-state index contributed by atoms with van der Waals surface area (Å²) in [6.45, 7) is 0.377. The Labute approximate surface area is 155 Å². The van der Waals surface area contributed by atoms with Gasteiger partial charge in [-0.1, -0.05) is 25.3 Å². The van der Waals surface area contributed by atoms with Crippen LogP contribution in [-0.2, 0) is 16.1 Å². The first-order valence-corrected chi connectivity index (χ1v) is 10.3. The Morgan fingerprint density at radius 1 is 1.20 bits per heavy atom. The van der Waals surface area contributed by atoms with E-state index in [1.165, 1.54) is 0 Å². The number of aliphatic carboxylic acids is 1. The number of nitrogens with zero attached hydrogens (tertiary/aromatic N) is 1. The fraction of sp³-hybridized carbons (Fsp3) is 0.500. The summed E-state index contributed by atoms with van der Waals surface area (Å²) in [7, 11) is 0. The highest BCUT2D eigenvalue weighted by Gasteiger charge is 2.34. The van der Waals surface area contributed by atoms with Crippen LogP contribution < -0.4 is 10.4 Å². The van der Waals surface area contributed by atoms with Crippen molar-refractivity contribution in [1.29, 1.82) is 0 Å². The van der Waals surface area contributed by atoms with Crippen LogP contribution >= 0.6 is 22.7 Å². The number of thiazole rings is 1. The molecule has 25 heavy (non-hydrogen) atoms. The average molecular weight is 378 g/mol. The molecule has 3 rings (SSSR count). The summed E-state index contributed by atoms with van der Waals surface area (Å²) in [4.78, 5) is 29.1.